The van der Waals surface area contributed by atoms with Crippen LogP contribution in [-0.4, -0.2) is 40.6 Å². The fourth-order valence-corrected chi connectivity index (χ4v) is 3.73. The Labute approximate surface area is 96.5 Å². The van der Waals surface area contributed by atoms with Crippen LogP contribution in [0.4, 0.5) is 0 Å². The Morgan fingerprint density at radius 2 is 1.94 bits per heavy atom. The first-order valence-electron chi connectivity index (χ1n) is 5.35. The number of carbonyl (C=O) groups excluding carboxylic acids is 1. The highest BCUT2D eigenvalue weighted by atomic mass is 32.2. The van der Waals surface area contributed by atoms with Crippen LogP contribution >= 0.6 is 0 Å². The molecule has 1 N–H and O–H groups in total. The van der Waals surface area contributed by atoms with Crippen LogP contribution in [-0.2, 0) is 14.8 Å². The van der Waals surface area contributed by atoms with E-state index in [1.54, 1.807) is 6.92 Å². The van der Waals surface area contributed by atoms with Gasteiger partial charge >= 0.3 is 0 Å². The molecule has 0 bridgehead atoms. The highest BCUT2D eigenvalue weighted by molar-refractivity contribution is 7.94. The van der Waals surface area contributed by atoms with Crippen molar-refractivity contribution in [2.45, 2.75) is 50.8 Å². The summed E-state index contributed by atoms with van der Waals surface area (Å²) in [5.41, 5.74) is -0.805. The molecule has 0 saturated carbocycles. The van der Waals surface area contributed by atoms with E-state index in [-0.39, 0.29) is 18.9 Å². The van der Waals surface area contributed by atoms with E-state index in [2.05, 4.69) is 0 Å². The number of aliphatic hydroxyl groups is 1. The molecule has 0 aromatic heterocycles. The summed E-state index contributed by atoms with van der Waals surface area (Å²) < 4.78 is 23.6. The lowest BCUT2D eigenvalue weighted by Gasteiger charge is -2.52. The summed E-state index contributed by atoms with van der Waals surface area (Å²) in [6, 6.07) is 0. The zero-order valence-corrected chi connectivity index (χ0v) is 11.0. The molecule has 1 atom stereocenters. The lowest BCUT2D eigenvalue weighted by atomic mass is 9.93. The van der Waals surface area contributed by atoms with E-state index >= 15 is 0 Å². The van der Waals surface area contributed by atoms with Crippen LogP contribution in [0.2, 0.25) is 0 Å². The Hall–Kier alpha value is -0.620. The topological polar surface area (TPSA) is 74.7 Å². The summed E-state index contributed by atoms with van der Waals surface area (Å²) in [5, 5.41) is 8.96. The molecule has 1 unspecified atom stereocenters. The van der Waals surface area contributed by atoms with E-state index in [0.717, 1.165) is 4.31 Å². The summed E-state index contributed by atoms with van der Waals surface area (Å²) in [7, 11) is -3.57. The van der Waals surface area contributed by atoms with Crippen LogP contribution in [0.5, 0.6) is 0 Å². The van der Waals surface area contributed by atoms with E-state index in [9.17, 15) is 13.2 Å². The Balaban J connectivity index is 3.13. The second-order valence-electron chi connectivity index (χ2n) is 4.91. The van der Waals surface area contributed by atoms with Gasteiger partial charge in [0.1, 0.15) is 0 Å². The van der Waals surface area contributed by atoms with Crippen molar-refractivity contribution in [1.29, 1.82) is 0 Å². The molecule has 16 heavy (non-hydrogen) atoms. The Morgan fingerprint density at radius 1 is 1.44 bits per heavy atom. The number of amides is 1. The Kier molecular flexibility index (Phi) is 3.11. The first-order valence-corrected chi connectivity index (χ1v) is 6.79. The molecule has 1 amide bonds. The van der Waals surface area contributed by atoms with Gasteiger partial charge in [-0.25, -0.2) is 12.7 Å². The van der Waals surface area contributed by atoms with Crippen molar-refractivity contribution in [3.8, 4) is 0 Å². The third-order valence-electron chi connectivity index (χ3n) is 3.49. The maximum absolute atomic E-state index is 12.0. The fraction of sp³-hybridized carbons (Fsp3) is 0.900. The first kappa shape index (κ1) is 13.4. The zero-order chi connectivity index (χ0) is 12.8. The van der Waals surface area contributed by atoms with E-state index in [0.29, 0.717) is 6.42 Å². The van der Waals surface area contributed by atoms with Gasteiger partial charge in [0.15, 0.2) is 4.75 Å². The number of rotatable bonds is 4. The number of carbonyl (C=O) groups is 1. The highest BCUT2D eigenvalue weighted by Gasteiger charge is 2.64. The average molecular weight is 249 g/mol. The van der Waals surface area contributed by atoms with E-state index < -0.39 is 20.3 Å². The van der Waals surface area contributed by atoms with Crippen molar-refractivity contribution in [3.63, 3.8) is 0 Å². The predicted octanol–water partition coefficient (Wildman–Crippen LogP) is 0.488. The number of nitrogens with zero attached hydrogens (tertiary/aromatic N) is 1. The van der Waals surface area contributed by atoms with Crippen LogP contribution in [0.15, 0.2) is 0 Å². The molecule has 0 aromatic carbocycles. The molecule has 1 saturated heterocycles. The molecule has 1 aliphatic heterocycles. The molecular formula is C10H19NO4S. The molecule has 1 fully saturated rings. The number of aliphatic hydroxyl groups excluding tert-OH is 1. The van der Waals surface area contributed by atoms with E-state index in [1.807, 2.05) is 6.92 Å². The van der Waals surface area contributed by atoms with E-state index in [4.69, 9.17) is 5.11 Å². The van der Waals surface area contributed by atoms with Gasteiger partial charge in [-0.1, -0.05) is 6.92 Å². The summed E-state index contributed by atoms with van der Waals surface area (Å²) in [4.78, 5) is 11.8. The normalized spacial score (nSPS) is 26.1. The molecule has 1 heterocycles. The lowest BCUT2D eigenvalue weighted by molar-refractivity contribution is -0.137. The van der Waals surface area contributed by atoms with Crippen LogP contribution in [0.3, 0.4) is 0 Å². The molecule has 6 heteroatoms. The second-order valence-corrected chi connectivity index (χ2v) is 7.24. The van der Waals surface area contributed by atoms with Crippen LogP contribution in [0, 0.1) is 0 Å². The summed E-state index contributed by atoms with van der Waals surface area (Å²) >= 11 is 0. The van der Waals surface area contributed by atoms with Gasteiger partial charge in [0.2, 0.25) is 0 Å². The zero-order valence-electron chi connectivity index (χ0n) is 10.1. The van der Waals surface area contributed by atoms with Gasteiger partial charge in [0, 0.05) is 6.61 Å². The maximum atomic E-state index is 12.0. The van der Waals surface area contributed by atoms with Crippen LogP contribution in [0.25, 0.3) is 0 Å². The predicted molar refractivity (Wildman–Crippen MR) is 60.2 cm³/mol. The molecule has 0 spiro atoms. The van der Waals surface area contributed by atoms with Crippen LogP contribution in [0.1, 0.15) is 40.5 Å². The van der Waals surface area contributed by atoms with Crippen molar-refractivity contribution < 1.29 is 18.3 Å². The molecule has 0 aliphatic carbocycles. The van der Waals surface area contributed by atoms with Gasteiger partial charge in [-0.2, -0.15) is 0 Å². The van der Waals surface area contributed by atoms with Gasteiger partial charge < -0.3 is 5.11 Å². The highest BCUT2D eigenvalue weighted by Crippen LogP contribution is 2.42. The SMILES string of the molecule is CCC(C)(CCO)N1C(=O)C(C)(C)S1(=O)=O. The minimum atomic E-state index is -3.57. The minimum Gasteiger partial charge on any atom is -0.396 e. The van der Waals surface area contributed by atoms with Gasteiger partial charge in [-0.05, 0) is 33.6 Å². The molecule has 94 valence electrons. The number of hydrogen-bond acceptors (Lipinski definition) is 4. The van der Waals surface area contributed by atoms with Gasteiger partial charge in [-0.15, -0.1) is 0 Å². The van der Waals surface area contributed by atoms with Gasteiger partial charge in [0.05, 0.1) is 5.54 Å². The quantitative estimate of drug-likeness (QED) is 0.786. The van der Waals surface area contributed by atoms with Crippen molar-refractivity contribution in [2.24, 2.45) is 0 Å². The van der Waals surface area contributed by atoms with Gasteiger partial charge in [-0.3, -0.25) is 4.79 Å². The molecule has 0 aromatic rings. The van der Waals surface area contributed by atoms with Gasteiger partial charge in [0.25, 0.3) is 15.9 Å². The Morgan fingerprint density at radius 3 is 2.25 bits per heavy atom. The first-order chi connectivity index (χ1) is 7.15. The summed E-state index contributed by atoms with van der Waals surface area (Å²) in [5.74, 6) is -0.384. The third-order valence-corrected chi connectivity index (χ3v) is 6.04. The van der Waals surface area contributed by atoms with Crippen LogP contribution < -0.4 is 0 Å². The monoisotopic (exact) mass is 249 g/mol. The molecule has 5 nitrogen and oxygen atoms in total. The lowest BCUT2D eigenvalue weighted by Crippen LogP contribution is -2.73. The number of hydrogen-bond donors (Lipinski definition) is 1. The largest absolute Gasteiger partial charge is 0.396 e. The van der Waals surface area contributed by atoms with Crippen molar-refractivity contribution in [3.05, 3.63) is 0 Å². The molecular weight excluding hydrogens is 230 g/mol. The molecule has 1 rings (SSSR count). The standard InChI is InChI=1S/C10H19NO4S/c1-5-10(4,6-7-12)11-8(13)9(2,3)16(11,14)15/h12H,5-7H2,1-4H3. The van der Waals surface area contributed by atoms with Crippen molar-refractivity contribution >= 4 is 15.9 Å². The van der Waals surface area contributed by atoms with E-state index in [1.165, 1.54) is 13.8 Å². The summed E-state index contributed by atoms with van der Waals surface area (Å²) in [6.45, 7) is 6.19. The smallest absolute Gasteiger partial charge is 0.259 e. The molecule has 0 radical (unpaired) electrons. The Bertz CT molecular complexity index is 401. The van der Waals surface area contributed by atoms with Crippen molar-refractivity contribution in [2.75, 3.05) is 6.61 Å². The maximum Gasteiger partial charge on any atom is 0.259 e. The third kappa shape index (κ3) is 1.47. The second kappa shape index (κ2) is 3.70. The molecule has 1 aliphatic rings. The number of sulfonamides is 1. The summed E-state index contributed by atoms with van der Waals surface area (Å²) in [6.07, 6.45) is 0.763. The minimum absolute atomic E-state index is 0.135. The average Bonchev–Trinajstić information content (AvgIpc) is 2.17. The fourth-order valence-electron chi connectivity index (χ4n) is 1.85. The van der Waals surface area contributed by atoms with Crippen molar-refractivity contribution in [1.82, 2.24) is 4.31 Å².